The zero-order valence-corrected chi connectivity index (χ0v) is 9.65. The summed E-state index contributed by atoms with van der Waals surface area (Å²) in [5, 5.41) is 9.75. The van der Waals surface area contributed by atoms with Gasteiger partial charge in [-0.15, -0.1) is 0 Å². The van der Waals surface area contributed by atoms with Crippen LogP contribution < -0.4 is 5.73 Å². The van der Waals surface area contributed by atoms with Gasteiger partial charge in [0.1, 0.15) is 6.23 Å². The topological polar surface area (TPSA) is 66.6 Å². The predicted molar refractivity (Wildman–Crippen MR) is 59.0 cm³/mol. The predicted octanol–water partition coefficient (Wildman–Crippen LogP) is 0.691. The molecule has 0 saturated carbocycles. The van der Waals surface area contributed by atoms with Crippen molar-refractivity contribution in [3.05, 3.63) is 0 Å². The van der Waals surface area contributed by atoms with Crippen LogP contribution in [0.15, 0.2) is 0 Å². The lowest BCUT2D eigenvalue weighted by molar-refractivity contribution is -0.122. The van der Waals surface area contributed by atoms with Crippen molar-refractivity contribution in [2.24, 2.45) is 11.7 Å². The maximum atomic E-state index is 11.0. The lowest BCUT2D eigenvalue weighted by Crippen LogP contribution is -2.41. The number of rotatable bonds is 5. The van der Waals surface area contributed by atoms with Crippen molar-refractivity contribution in [3.63, 3.8) is 0 Å². The number of amides is 1. The molecule has 88 valence electrons. The molecule has 1 heterocycles. The highest BCUT2D eigenvalue weighted by Crippen LogP contribution is 2.23. The minimum atomic E-state index is -0.324. The first kappa shape index (κ1) is 12.5. The molecule has 3 unspecified atom stereocenters. The number of hydrogen-bond acceptors (Lipinski definition) is 3. The first-order valence-electron chi connectivity index (χ1n) is 5.79. The fourth-order valence-electron chi connectivity index (χ4n) is 2.26. The molecule has 0 bridgehead atoms. The second kappa shape index (κ2) is 5.47. The Hall–Kier alpha value is -0.610. The van der Waals surface area contributed by atoms with Gasteiger partial charge in [0.25, 0.3) is 0 Å². The van der Waals surface area contributed by atoms with Crippen molar-refractivity contribution >= 4 is 5.91 Å². The molecule has 1 aliphatic heterocycles. The van der Waals surface area contributed by atoms with Gasteiger partial charge in [-0.25, -0.2) is 0 Å². The molecule has 0 spiro atoms. The third-order valence-corrected chi connectivity index (χ3v) is 3.31. The monoisotopic (exact) mass is 214 g/mol. The third kappa shape index (κ3) is 3.18. The van der Waals surface area contributed by atoms with E-state index in [1.54, 1.807) is 0 Å². The van der Waals surface area contributed by atoms with E-state index in [4.69, 9.17) is 5.73 Å². The summed E-state index contributed by atoms with van der Waals surface area (Å²) in [5.74, 6) is -0.357. The van der Waals surface area contributed by atoms with Crippen molar-refractivity contribution in [2.45, 2.75) is 51.8 Å². The van der Waals surface area contributed by atoms with Crippen LogP contribution in [-0.4, -0.2) is 34.7 Å². The number of nitrogens with zero attached hydrogens (tertiary/aromatic N) is 1. The molecule has 0 radical (unpaired) electrons. The fraction of sp³-hybridized carbons (Fsp3) is 0.909. The van der Waals surface area contributed by atoms with Crippen LogP contribution in [-0.2, 0) is 4.79 Å². The van der Waals surface area contributed by atoms with E-state index in [1.807, 2.05) is 6.92 Å². The second-order valence-electron chi connectivity index (χ2n) is 4.46. The molecule has 1 aliphatic rings. The molecule has 0 aliphatic carbocycles. The second-order valence-corrected chi connectivity index (χ2v) is 4.46. The number of aliphatic hydroxyl groups excluding tert-OH is 1. The molecule has 1 amide bonds. The van der Waals surface area contributed by atoms with Gasteiger partial charge in [-0.2, -0.15) is 0 Å². The third-order valence-electron chi connectivity index (χ3n) is 3.31. The van der Waals surface area contributed by atoms with Gasteiger partial charge in [-0.05, 0) is 25.7 Å². The molecule has 0 aromatic carbocycles. The Balaban J connectivity index is 2.51. The van der Waals surface area contributed by atoms with Crippen molar-refractivity contribution in [1.29, 1.82) is 0 Å². The average molecular weight is 214 g/mol. The van der Waals surface area contributed by atoms with E-state index < -0.39 is 0 Å². The van der Waals surface area contributed by atoms with Crippen molar-refractivity contribution in [3.8, 4) is 0 Å². The summed E-state index contributed by atoms with van der Waals surface area (Å²) in [4.78, 5) is 13.1. The van der Waals surface area contributed by atoms with Gasteiger partial charge in [0.05, 0.1) is 0 Å². The fourth-order valence-corrected chi connectivity index (χ4v) is 2.26. The molecule has 4 nitrogen and oxygen atoms in total. The summed E-state index contributed by atoms with van der Waals surface area (Å²) in [6.45, 7) is 4.88. The van der Waals surface area contributed by atoms with Crippen LogP contribution in [0.3, 0.4) is 0 Å². The summed E-state index contributed by atoms with van der Waals surface area (Å²) in [5.41, 5.74) is 5.25. The Morgan fingerprint density at radius 3 is 2.73 bits per heavy atom. The summed E-state index contributed by atoms with van der Waals surface area (Å²) in [7, 11) is 0. The van der Waals surface area contributed by atoms with E-state index in [2.05, 4.69) is 11.8 Å². The maximum Gasteiger partial charge on any atom is 0.220 e. The Labute approximate surface area is 91.4 Å². The summed E-state index contributed by atoms with van der Waals surface area (Å²) >= 11 is 0. The van der Waals surface area contributed by atoms with Gasteiger partial charge in [-0.3, -0.25) is 9.69 Å². The zero-order chi connectivity index (χ0) is 11.4. The van der Waals surface area contributed by atoms with Gasteiger partial charge in [0, 0.05) is 18.5 Å². The van der Waals surface area contributed by atoms with Crippen LogP contribution in [0.5, 0.6) is 0 Å². The molecule has 0 aromatic heterocycles. The van der Waals surface area contributed by atoms with Gasteiger partial charge in [0.2, 0.25) is 5.91 Å². The Morgan fingerprint density at radius 1 is 1.67 bits per heavy atom. The normalized spacial score (nSPS) is 26.5. The lowest BCUT2D eigenvalue weighted by atomic mass is 9.98. The first-order chi connectivity index (χ1) is 7.06. The average Bonchev–Trinajstić information content (AvgIpc) is 2.60. The van der Waals surface area contributed by atoms with Crippen LogP contribution in [0.25, 0.3) is 0 Å². The SMILES string of the molecule is CCC(CC(C)C(N)=O)N1CCCC1O. The summed E-state index contributed by atoms with van der Waals surface area (Å²) in [6, 6.07) is 0.282. The number of carbonyl (C=O) groups is 1. The molecule has 1 saturated heterocycles. The van der Waals surface area contributed by atoms with E-state index in [0.717, 1.165) is 32.2 Å². The molecular weight excluding hydrogens is 192 g/mol. The Bertz CT molecular complexity index is 221. The summed E-state index contributed by atoms with van der Waals surface area (Å²) in [6.07, 6.45) is 3.27. The number of aliphatic hydroxyl groups is 1. The van der Waals surface area contributed by atoms with Crippen LogP contribution in [0.2, 0.25) is 0 Å². The molecule has 3 N–H and O–H groups in total. The number of carbonyl (C=O) groups excluding carboxylic acids is 1. The minimum absolute atomic E-state index is 0.109. The van der Waals surface area contributed by atoms with E-state index in [0.29, 0.717) is 0 Å². The number of primary amides is 1. The van der Waals surface area contributed by atoms with Crippen LogP contribution in [0, 0.1) is 5.92 Å². The lowest BCUT2D eigenvalue weighted by Gasteiger charge is -2.30. The molecule has 1 fully saturated rings. The minimum Gasteiger partial charge on any atom is -0.378 e. The maximum absolute atomic E-state index is 11.0. The number of hydrogen-bond donors (Lipinski definition) is 2. The standard InChI is InChI=1S/C11H22N2O2/c1-3-9(7-8(2)11(12)15)13-6-4-5-10(13)14/h8-10,14H,3-7H2,1-2H3,(H2,12,15). The van der Waals surface area contributed by atoms with Crippen molar-refractivity contribution < 1.29 is 9.90 Å². The van der Waals surface area contributed by atoms with E-state index in [1.165, 1.54) is 0 Å². The smallest absolute Gasteiger partial charge is 0.220 e. The van der Waals surface area contributed by atoms with Crippen LogP contribution in [0.4, 0.5) is 0 Å². The molecule has 4 heteroatoms. The van der Waals surface area contributed by atoms with Crippen molar-refractivity contribution in [2.75, 3.05) is 6.54 Å². The summed E-state index contributed by atoms with van der Waals surface area (Å²) < 4.78 is 0. The van der Waals surface area contributed by atoms with E-state index >= 15 is 0 Å². The highest BCUT2D eigenvalue weighted by atomic mass is 16.3. The number of likely N-dealkylation sites (tertiary alicyclic amines) is 1. The van der Waals surface area contributed by atoms with Gasteiger partial charge in [0.15, 0.2) is 0 Å². The van der Waals surface area contributed by atoms with Crippen LogP contribution >= 0.6 is 0 Å². The largest absolute Gasteiger partial charge is 0.378 e. The van der Waals surface area contributed by atoms with Gasteiger partial charge < -0.3 is 10.8 Å². The highest BCUT2D eigenvalue weighted by Gasteiger charge is 2.29. The van der Waals surface area contributed by atoms with E-state index in [-0.39, 0.29) is 24.1 Å². The van der Waals surface area contributed by atoms with E-state index in [9.17, 15) is 9.90 Å². The quantitative estimate of drug-likeness (QED) is 0.707. The Kier molecular flexibility index (Phi) is 4.54. The van der Waals surface area contributed by atoms with Crippen LogP contribution in [0.1, 0.15) is 39.5 Å². The van der Waals surface area contributed by atoms with Gasteiger partial charge >= 0.3 is 0 Å². The molecule has 3 atom stereocenters. The highest BCUT2D eigenvalue weighted by molar-refractivity contribution is 5.76. The van der Waals surface area contributed by atoms with Crippen molar-refractivity contribution in [1.82, 2.24) is 4.90 Å². The molecule has 15 heavy (non-hydrogen) atoms. The molecule has 1 rings (SSSR count). The molecular formula is C11H22N2O2. The Morgan fingerprint density at radius 2 is 2.33 bits per heavy atom. The van der Waals surface area contributed by atoms with Gasteiger partial charge in [-0.1, -0.05) is 13.8 Å². The number of nitrogens with two attached hydrogens (primary N) is 1. The zero-order valence-electron chi connectivity index (χ0n) is 9.65. The first-order valence-corrected chi connectivity index (χ1v) is 5.79. The molecule has 0 aromatic rings.